The number of rotatable bonds is 72. The van der Waals surface area contributed by atoms with Crippen LogP contribution in [0.15, 0.2) is 146 Å². The molecule has 538 valence electrons. The van der Waals surface area contributed by atoms with Gasteiger partial charge in [-0.15, -0.1) is 0 Å². The van der Waals surface area contributed by atoms with Gasteiger partial charge in [-0.3, -0.25) is 18.6 Å². The van der Waals surface area contributed by atoms with Gasteiger partial charge < -0.3 is 20.1 Å². The molecule has 0 fully saturated rings. The average molecular weight is 1330 g/mol. The Hall–Kier alpha value is -4.11. The Morgan fingerprint density at radius 3 is 0.872 bits per heavy atom. The molecule has 2 unspecified atom stereocenters. The van der Waals surface area contributed by atoms with Gasteiger partial charge in [-0.2, -0.15) is 0 Å². The summed E-state index contributed by atoms with van der Waals surface area (Å²) in [5.74, 6) is -0.853. The summed E-state index contributed by atoms with van der Waals surface area (Å²) >= 11 is 0. The van der Waals surface area contributed by atoms with E-state index in [4.69, 9.17) is 24.3 Å². The molecule has 0 rings (SSSR count). The molecule has 2 atom stereocenters. The number of nitrogens with two attached hydrogens (primary N) is 1. The van der Waals surface area contributed by atoms with Crippen LogP contribution in [-0.4, -0.2) is 49.3 Å². The van der Waals surface area contributed by atoms with Gasteiger partial charge in [-0.05, 0) is 103 Å². The lowest BCUT2D eigenvalue weighted by Crippen LogP contribution is -2.29. The van der Waals surface area contributed by atoms with Crippen molar-refractivity contribution in [2.75, 3.05) is 26.4 Å². The molecule has 0 aliphatic rings. The van der Waals surface area contributed by atoms with Crippen LogP contribution >= 0.6 is 7.82 Å². The van der Waals surface area contributed by atoms with Crippen molar-refractivity contribution in [2.24, 2.45) is 5.73 Å². The molecular formula is C84H144NO8P. The summed E-state index contributed by atoms with van der Waals surface area (Å²) < 4.78 is 33.2. The molecule has 0 saturated heterocycles. The Labute approximate surface area is 579 Å². The lowest BCUT2D eigenvalue weighted by molar-refractivity contribution is -0.161. The zero-order valence-electron chi connectivity index (χ0n) is 60.7. The predicted octanol–water partition coefficient (Wildman–Crippen LogP) is 26.1. The molecule has 0 aromatic heterocycles. The molecule has 0 aromatic rings. The monoisotopic (exact) mass is 1330 g/mol. The third kappa shape index (κ3) is 76.9. The van der Waals surface area contributed by atoms with Crippen molar-refractivity contribution in [1.82, 2.24) is 0 Å². The Morgan fingerprint density at radius 1 is 0.330 bits per heavy atom. The van der Waals surface area contributed by atoms with Crippen molar-refractivity contribution < 1.29 is 37.6 Å². The summed E-state index contributed by atoms with van der Waals surface area (Å²) in [6.07, 6.45) is 113. The van der Waals surface area contributed by atoms with E-state index in [0.717, 1.165) is 122 Å². The van der Waals surface area contributed by atoms with Gasteiger partial charge in [0, 0.05) is 19.4 Å². The standard InChI is InChI=1S/C84H144NO8P/c1-3-5-7-9-11-13-15-17-19-21-23-25-27-29-31-33-35-37-38-39-40-41-42-43-44-45-47-49-51-53-55-57-59-61-63-65-67-69-71-73-75-77-84(87)93-82(81-92-94(88,89)91-79-78-85)80-90-83(86)76-74-72-70-68-66-64-62-60-58-56-54-52-50-48-46-36-34-32-30-28-26-24-22-20-18-16-14-12-10-8-6-4-2/h5,7,11,13,17,19,23,25,29,31,35,37,39-40,42-43,45,47,51,53,57,59,63,65,82H,3-4,6,8-10,12,14-16,18,20-22,24,26-28,30,32-34,36,38,41,44,46,48-50,52,54-56,58,60-62,64,66-81,85H2,1-2H3,(H,88,89)/b7-5-,13-11-,19-17-,25-23-,31-29-,37-35-,40-39-,43-42-,47-45-,53-51-,59-57-,65-63-. The summed E-state index contributed by atoms with van der Waals surface area (Å²) in [7, 11) is -4.41. The highest BCUT2D eigenvalue weighted by Crippen LogP contribution is 2.43. The Bertz CT molecular complexity index is 2060. The number of allylic oxidation sites excluding steroid dienone is 24. The maximum atomic E-state index is 12.8. The normalized spacial score (nSPS) is 13.7. The van der Waals surface area contributed by atoms with Gasteiger partial charge in [0.05, 0.1) is 13.2 Å². The molecule has 0 heterocycles. The highest BCUT2D eigenvalue weighted by atomic mass is 31.2. The molecule has 9 nitrogen and oxygen atoms in total. The van der Waals surface area contributed by atoms with Crippen LogP contribution < -0.4 is 5.73 Å². The molecule has 0 amide bonds. The number of hydrogen-bond donors (Lipinski definition) is 2. The molecule has 10 heteroatoms. The molecule has 3 N–H and O–H groups in total. The van der Waals surface area contributed by atoms with Crippen LogP contribution in [0.3, 0.4) is 0 Å². The lowest BCUT2D eigenvalue weighted by Gasteiger charge is -2.19. The van der Waals surface area contributed by atoms with E-state index >= 15 is 0 Å². The van der Waals surface area contributed by atoms with E-state index in [9.17, 15) is 19.0 Å². The topological polar surface area (TPSA) is 134 Å². The predicted molar refractivity (Wildman–Crippen MR) is 408 cm³/mol. The fraction of sp³-hybridized carbons (Fsp3) is 0.690. The molecular weight excluding hydrogens is 1180 g/mol. The summed E-state index contributed by atoms with van der Waals surface area (Å²) in [6, 6.07) is 0. The number of ether oxygens (including phenoxy) is 2. The third-order valence-electron chi connectivity index (χ3n) is 16.5. The number of carbonyl (C=O) groups excluding carboxylic acids is 2. The van der Waals surface area contributed by atoms with Crippen LogP contribution in [0.5, 0.6) is 0 Å². The van der Waals surface area contributed by atoms with Crippen LogP contribution in [-0.2, 0) is 32.7 Å². The second kappa shape index (κ2) is 77.9. The fourth-order valence-corrected chi connectivity index (χ4v) is 11.6. The van der Waals surface area contributed by atoms with Gasteiger partial charge in [0.15, 0.2) is 6.10 Å². The summed E-state index contributed by atoms with van der Waals surface area (Å²) in [5.41, 5.74) is 5.41. The van der Waals surface area contributed by atoms with Crippen molar-refractivity contribution in [1.29, 1.82) is 0 Å². The maximum absolute atomic E-state index is 12.8. The van der Waals surface area contributed by atoms with Crippen LogP contribution in [0.2, 0.25) is 0 Å². The summed E-state index contributed by atoms with van der Waals surface area (Å²) in [6.45, 7) is 3.63. The van der Waals surface area contributed by atoms with Crippen molar-refractivity contribution in [3.63, 3.8) is 0 Å². The fourth-order valence-electron chi connectivity index (χ4n) is 10.8. The first-order valence-corrected chi connectivity index (χ1v) is 40.3. The minimum absolute atomic E-state index is 0.0434. The molecule has 0 aromatic carbocycles. The van der Waals surface area contributed by atoms with Crippen molar-refractivity contribution in [2.45, 2.75) is 347 Å². The van der Waals surface area contributed by atoms with Crippen LogP contribution in [0.4, 0.5) is 0 Å². The van der Waals surface area contributed by atoms with Crippen LogP contribution in [0.25, 0.3) is 0 Å². The van der Waals surface area contributed by atoms with Gasteiger partial charge in [-0.1, -0.05) is 372 Å². The molecule has 0 spiro atoms. The SMILES string of the molecule is CC/C=C\C/C=C\C/C=C\C/C=C\C/C=C\C/C=C\C/C=C\C/C=C\C/C=C\C/C=C\C/C=C\C/C=C\CCCCCCC(=O)OC(COC(=O)CCCCCCCCCCCCCCCCCCCCCCCCCCCCCCCCCC)COP(=O)(O)OCCN. The number of phosphoric ester groups is 1. The first-order valence-electron chi connectivity index (χ1n) is 38.8. The van der Waals surface area contributed by atoms with Crippen molar-refractivity contribution in [3.8, 4) is 0 Å². The summed E-state index contributed by atoms with van der Waals surface area (Å²) in [5, 5.41) is 0. The maximum Gasteiger partial charge on any atom is 0.472 e. The second-order valence-electron chi connectivity index (χ2n) is 25.5. The molecule has 0 bridgehead atoms. The van der Waals surface area contributed by atoms with E-state index in [0.29, 0.717) is 6.42 Å². The minimum atomic E-state index is -4.41. The van der Waals surface area contributed by atoms with Crippen molar-refractivity contribution >= 4 is 19.8 Å². The number of esters is 2. The Balaban J connectivity index is 3.94. The van der Waals surface area contributed by atoms with Gasteiger partial charge >= 0.3 is 19.8 Å². The van der Waals surface area contributed by atoms with Gasteiger partial charge in [-0.25, -0.2) is 4.57 Å². The van der Waals surface area contributed by atoms with Crippen LogP contribution in [0, 0.1) is 0 Å². The van der Waals surface area contributed by atoms with E-state index in [1.54, 1.807) is 0 Å². The number of unbranched alkanes of at least 4 members (excludes halogenated alkanes) is 35. The van der Waals surface area contributed by atoms with E-state index in [1.165, 1.54) is 186 Å². The highest BCUT2D eigenvalue weighted by molar-refractivity contribution is 7.47. The first-order chi connectivity index (χ1) is 46.3. The van der Waals surface area contributed by atoms with E-state index < -0.39 is 26.5 Å². The van der Waals surface area contributed by atoms with E-state index in [1.807, 2.05) is 0 Å². The van der Waals surface area contributed by atoms with Gasteiger partial charge in [0.25, 0.3) is 0 Å². The molecule has 94 heavy (non-hydrogen) atoms. The molecule has 0 aliphatic carbocycles. The highest BCUT2D eigenvalue weighted by Gasteiger charge is 2.26. The third-order valence-corrected chi connectivity index (χ3v) is 17.5. The zero-order chi connectivity index (χ0) is 67.9. The van der Waals surface area contributed by atoms with Crippen LogP contribution in [0.1, 0.15) is 341 Å². The smallest absolute Gasteiger partial charge is 0.462 e. The largest absolute Gasteiger partial charge is 0.472 e. The lowest BCUT2D eigenvalue weighted by atomic mass is 10.0. The zero-order valence-corrected chi connectivity index (χ0v) is 61.5. The molecule has 0 radical (unpaired) electrons. The van der Waals surface area contributed by atoms with Gasteiger partial charge in [0.2, 0.25) is 0 Å². The van der Waals surface area contributed by atoms with E-state index in [2.05, 4.69) is 160 Å². The number of phosphoric acid groups is 1. The quantitative estimate of drug-likeness (QED) is 0.0264. The second-order valence-corrected chi connectivity index (χ2v) is 27.0. The Morgan fingerprint density at radius 2 is 0.585 bits per heavy atom. The minimum Gasteiger partial charge on any atom is -0.462 e. The Kier molecular flexibility index (Phi) is 74.5. The molecule has 0 aliphatic heterocycles. The summed E-state index contributed by atoms with van der Waals surface area (Å²) in [4.78, 5) is 35.4. The number of hydrogen-bond acceptors (Lipinski definition) is 8. The van der Waals surface area contributed by atoms with Gasteiger partial charge in [0.1, 0.15) is 6.61 Å². The molecule has 0 saturated carbocycles. The number of carbonyl (C=O) groups is 2. The first kappa shape index (κ1) is 89.9. The average Bonchev–Trinajstić information content (AvgIpc) is 3.59. The van der Waals surface area contributed by atoms with E-state index in [-0.39, 0.29) is 38.6 Å². The van der Waals surface area contributed by atoms with Crippen molar-refractivity contribution in [3.05, 3.63) is 146 Å².